The van der Waals surface area contributed by atoms with Crippen LogP contribution in [0.15, 0.2) is 42.5 Å². The predicted octanol–water partition coefficient (Wildman–Crippen LogP) is 2.94. The van der Waals surface area contributed by atoms with Gasteiger partial charge in [0, 0.05) is 30.6 Å². The number of hydrogen-bond donors (Lipinski definition) is 0. The molecule has 1 atom stereocenters. The molecule has 2 aromatic rings. The van der Waals surface area contributed by atoms with Crippen molar-refractivity contribution >= 4 is 40.8 Å². The van der Waals surface area contributed by atoms with E-state index in [0.717, 1.165) is 17.7 Å². The maximum Gasteiger partial charge on any atom is 0.325 e. The molecule has 1 saturated heterocycles. The van der Waals surface area contributed by atoms with Gasteiger partial charge in [0.15, 0.2) is 0 Å². The minimum atomic E-state index is -1.02. The van der Waals surface area contributed by atoms with Crippen molar-refractivity contribution in [1.29, 1.82) is 0 Å². The maximum absolute atomic E-state index is 13.6. The highest BCUT2D eigenvalue weighted by molar-refractivity contribution is 6.30. The van der Waals surface area contributed by atoms with E-state index in [2.05, 4.69) is 4.74 Å². The summed E-state index contributed by atoms with van der Waals surface area (Å²) in [5.74, 6) is -3.32. The number of benzene rings is 2. The van der Waals surface area contributed by atoms with Crippen LogP contribution in [0.25, 0.3) is 0 Å². The zero-order valence-electron chi connectivity index (χ0n) is 17.0. The number of hydrogen-bond acceptors (Lipinski definition) is 6. The van der Waals surface area contributed by atoms with E-state index in [1.165, 1.54) is 23.0 Å². The molecule has 0 bridgehead atoms. The van der Waals surface area contributed by atoms with Crippen molar-refractivity contribution in [2.24, 2.45) is 5.92 Å². The topological polar surface area (TPSA) is 110 Å². The van der Waals surface area contributed by atoms with Gasteiger partial charge in [0.25, 0.3) is 0 Å². The number of ether oxygens (including phenoxy) is 1. The average Bonchev–Trinajstić information content (AvgIpc) is 3.15. The summed E-state index contributed by atoms with van der Waals surface area (Å²) >= 11 is 5.89. The van der Waals surface area contributed by atoms with Gasteiger partial charge in [-0.15, -0.1) is 0 Å². The number of halogens is 2. The lowest BCUT2D eigenvalue weighted by atomic mass is 10.1. The van der Waals surface area contributed by atoms with E-state index in [-0.39, 0.29) is 31.7 Å². The van der Waals surface area contributed by atoms with Crippen molar-refractivity contribution in [3.8, 4) is 0 Å². The first-order valence-corrected chi connectivity index (χ1v) is 9.91. The lowest BCUT2D eigenvalue weighted by Gasteiger charge is -2.25. The van der Waals surface area contributed by atoms with E-state index in [4.69, 9.17) is 11.6 Å². The largest absolute Gasteiger partial charge is 0.468 e. The van der Waals surface area contributed by atoms with Crippen LogP contribution in [0.4, 0.5) is 15.8 Å². The first-order valence-electron chi connectivity index (χ1n) is 9.54. The number of nitro groups is 1. The number of amides is 2. The molecular weight excluding hydrogens is 445 g/mol. The Balaban J connectivity index is 1.80. The second-order valence-corrected chi connectivity index (χ2v) is 7.63. The summed E-state index contributed by atoms with van der Waals surface area (Å²) in [6, 6.07) is 9.83. The molecule has 1 fully saturated rings. The maximum atomic E-state index is 13.6. The fraction of sp³-hybridized carbons (Fsp3) is 0.286. The van der Waals surface area contributed by atoms with Crippen LogP contribution in [0.5, 0.6) is 0 Å². The van der Waals surface area contributed by atoms with Gasteiger partial charge in [-0.2, -0.15) is 4.39 Å². The lowest BCUT2D eigenvalue weighted by molar-refractivity contribution is -0.387. The number of carbonyl (C=O) groups excluding carboxylic acids is 3. The fourth-order valence-electron chi connectivity index (χ4n) is 3.43. The molecule has 1 aliphatic heterocycles. The van der Waals surface area contributed by atoms with Crippen molar-refractivity contribution in [3.63, 3.8) is 0 Å². The van der Waals surface area contributed by atoms with Gasteiger partial charge in [-0.25, -0.2) is 0 Å². The second kappa shape index (κ2) is 9.73. The zero-order chi connectivity index (χ0) is 23.4. The van der Waals surface area contributed by atoms with E-state index < -0.39 is 40.1 Å². The molecule has 32 heavy (non-hydrogen) atoms. The number of anilines is 1. The van der Waals surface area contributed by atoms with Crippen LogP contribution in [0.3, 0.4) is 0 Å². The van der Waals surface area contributed by atoms with Gasteiger partial charge >= 0.3 is 11.7 Å². The fourth-order valence-corrected chi connectivity index (χ4v) is 3.56. The smallest absolute Gasteiger partial charge is 0.325 e. The Morgan fingerprint density at radius 1 is 1.28 bits per heavy atom. The Morgan fingerprint density at radius 2 is 1.97 bits per heavy atom. The molecule has 2 amide bonds. The van der Waals surface area contributed by atoms with Gasteiger partial charge in [0.1, 0.15) is 6.54 Å². The third-order valence-corrected chi connectivity index (χ3v) is 5.31. The summed E-state index contributed by atoms with van der Waals surface area (Å²) < 4.78 is 18.3. The van der Waals surface area contributed by atoms with Crippen LogP contribution >= 0.6 is 11.6 Å². The van der Waals surface area contributed by atoms with Gasteiger partial charge in [-0.1, -0.05) is 23.7 Å². The van der Waals surface area contributed by atoms with Crippen LogP contribution in [0.2, 0.25) is 5.02 Å². The van der Waals surface area contributed by atoms with Crippen LogP contribution in [-0.4, -0.2) is 47.8 Å². The Bertz CT molecular complexity index is 1060. The third kappa shape index (κ3) is 5.20. The van der Waals surface area contributed by atoms with Crippen LogP contribution in [0.1, 0.15) is 12.0 Å². The molecule has 1 aliphatic rings. The Kier molecular flexibility index (Phi) is 7.04. The summed E-state index contributed by atoms with van der Waals surface area (Å²) in [5.41, 5.74) is 0.0812. The standard InChI is InChI=1S/C21H19ClFN3O6/c1-32-20(28)12-24(10-13-2-4-15(22)5-3-13)21(29)14-8-19(27)25(11-14)16-6-7-17(23)18(9-16)26(30)31/h2-7,9,14H,8,10-12H2,1H3. The van der Waals surface area contributed by atoms with Crippen molar-refractivity contribution in [2.45, 2.75) is 13.0 Å². The molecule has 2 aromatic carbocycles. The summed E-state index contributed by atoms with van der Waals surface area (Å²) in [6.07, 6.45) is -0.150. The highest BCUT2D eigenvalue weighted by Gasteiger charge is 2.38. The first kappa shape index (κ1) is 23.1. The Hall–Kier alpha value is -3.53. The second-order valence-electron chi connectivity index (χ2n) is 7.20. The number of esters is 1. The molecular formula is C21H19ClFN3O6. The van der Waals surface area contributed by atoms with E-state index >= 15 is 0 Å². The minimum absolute atomic E-state index is 0.0568. The summed E-state index contributed by atoms with van der Waals surface area (Å²) in [5, 5.41) is 11.5. The molecule has 1 heterocycles. The van der Waals surface area contributed by atoms with Crippen molar-refractivity contribution in [2.75, 3.05) is 25.1 Å². The van der Waals surface area contributed by atoms with Gasteiger partial charge in [0.2, 0.25) is 17.6 Å². The van der Waals surface area contributed by atoms with E-state index in [9.17, 15) is 28.9 Å². The van der Waals surface area contributed by atoms with E-state index in [1.54, 1.807) is 24.3 Å². The number of rotatable bonds is 7. The van der Waals surface area contributed by atoms with Crippen molar-refractivity contribution in [3.05, 3.63) is 69.0 Å². The third-order valence-electron chi connectivity index (χ3n) is 5.06. The number of methoxy groups -OCH3 is 1. The highest BCUT2D eigenvalue weighted by Crippen LogP contribution is 2.30. The molecule has 1 unspecified atom stereocenters. The van der Waals surface area contributed by atoms with Gasteiger partial charge in [-0.05, 0) is 29.8 Å². The molecule has 0 aliphatic carbocycles. The van der Waals surface area contributed by atoms with Gasteiger partial charge in [0.05, 0.1) is 23.6 Å². The van der Waals surface area contributed by atoms with Crippen LogP contribution in [0, 0.1) is 21.8 Å². The first-order chi connectivity index (χ1) is 15.2. The van der Waals surface area contributed by atoms with E-state index in [0.29, 0.717) is 5.02 Å². The quantitative estimate of drug-likeness (QED) is 0.354. The average molecular weight is 464 g/mol. The summed E-state index contributed by atoms with van der Waals surface area (Å²) in [6.45, 7) is -0.277. The number of nitro benzene ring substituents is 1. The SMILES string of the molecule is COC(=O)CN(Cc1ccc(Cl)cc1)C(=O)C1CC(=O)N(c2ccc(F)c([N+](=O)[O-])c2)C1. The minimum Gasteiger partial charge on any atom is -0.468 e. The summed E-state index contributed by atoms with van der Waals surface area (Å²) in [4.78, 5) is 50.2. The molecule has 11 heteroatoms. The highest BCUT2D eigenvalue weighted by atomic mass is 35.5. The number of nitrogens with zero attached hydrogens (tertiary/aromatic N) is 3. The Labute approximate surface area is 187 Å². The van der Waals surface area contributed by atoms with E-state index in [1.807, 2.05) is 0 Å². The normalized spacial score (nSPS) is 15.5. The number of carbonyl (C=O) groups is 3. The molecule has 0 saturated carbocycles. The predicted molar refractivity (Wildman–Crippen MR) is 112 cm³/mol. The lowest BCUT2D eigenvalue weighted by Crippen LogP contribution is -2.40. The van der Waals surface area contributed by atoms with Crippen molar-refractivity contribution in [1.82, 2.24) is 4.90 Å². The van der Waals surface area contributed by atoms with Gasteiger partial charge < -0.3 is 14.5 Å². The Morgan fingerprint density at radius 3 is 2.59 bits per heavy atom. The zero-order valence-corrected chi connectivity index (χ0v) is 17.8. The molecule has 168 valence electrons. The molecule has 3 rings (SSSR count). The molecule has 0 N–H and O–H groups in total. The van der Waals surface area contributed by atoms with Gasteiger partial charge in [-0.3, -0.25) is 24.5 Å². The van der Waals surface area contributed by atoms with Crippen LogP contribution < -0.4 is 4.90 Å². The molecule has 0 aromatic heterocycles. The molecule has 9 nitrogen and oxygen atoms in total. The van der Waals surface area contributed by atoms with Crippen LogP contribution in [-0.2, 0) is 25.7 Å². The summed E-state index contributed by atoms with van der Waals surface area (Å²) in [7, 11) is 1.20. The molecule has 0 radical (unpaired) electrons. The van der Waals surface area contributed by atoms with Crippen molar-refractivity contribution < 1.29 is 28.4 Å². The molecule has 0 spiro atoms. The monoisotopic (exact) mass is 463 g/mol.